The lowest BCUT2D eigenvalue weighted by Gasteiger charge is -2.34. The van der Waals surface area contributed by atoms with Crippen LogP contribution in [-0.2, 0) is 9.53 Å². The summed E-state index contributed by atoms with van der Waals surface area (Å²) in [6.07, 6.45) is 2.93. The van der Waals surface area contributed by atoms with Gasteiger partial charge in [0.1, 0.15) is 5.78 Å². The lowest BCUT2D eigenvalue weighted by atomic mass is 9.91. The zero-order valence-electron chi connectivity index (χ0n) is 11.5. The molecule has 3 heteroatoms. The standard InChI is InChI=1S/C13H25NO2/c1-10(15)13(14(5)6)8-7-11(9-13)16-12(2,3)4/h11H,7-9H2,1-6H3. The van der Waals surface area contributed by atoms with E-state index in [4.69, 9.17) is 4.74 Å². The van der Waals surface area contributed by atoms with Gasteiger partial charge in [-0.1, -0.05) is 0 Å². The molecule has 3 nitrogen and oxygen atoms in total. The number of Topliss-reactive ketones (excluding diaryl/α,β-unsaturated/α-hetero) is 1. The molecule has 2 atom stereocenters. The molecule has 1 saturated carbocycles. The highest BCUT2D eigenvalue weighted by Crippen LogP contribution is 2.37. The highest BCUT2D eigenvalue weighted by Gasteiger charge is 2.45. The van der Waals surface area contributed by atoms with E-state index in [0.29, 0.717) is 0 Å². The first-order valence-electron chi connectivity index (χ1n) is 6.04. The largest absolute Gasteiger partial charge is 0.373 e. The molecule has 2 unspecified atom stereocenters. The highest BCUT2D eigenvalue weighted by atomic mass is 16.5. The number of likely N-dealkylation sites (N-methyl/N-ethyl adjacent to an activating group) is 1. The van der Waals surface area contributed by atoms with Gasteiger partial charge >= 0.3 is 0 Å². The van der Waals surface area contributed by atoms with Crippen molar-refractivity contribution in [3.63, 3.8) is 0 Å². The van der Waals surface area contributed by atoms with Crippen molar-refractivity contribution in [2.24, 2.45) is 0 Å². The summed E-state index contributed by atoms with van der Waals surface area (Å²) in [6.45, 7) is 7.89. The number of nitrogens with zero attached hydrogens (tertiary/aromatic N) is 1. The molecule has 0 spiro atoms. The Labute approximate surface area is 99.1 Å². The van der Waals surface area contributed by atoms with E-state index in [1.54, 1.807) is 6.92 Å². The molecule has 1 rings (SSSR count). The molecule has 16 heavy (non-hydrogen) atoms. The van der Waals surface area contributed by atoms with Gasteiger partial charge in [0.2, 0.25) is 0 Å². The normalized spacial score (nSPS) is 31.1. The van der Waals surface area contributed by atoms with Gasteiger partial charge in [-0.25, -0.2) is 0 Å². The van der Waals surface area contributed by atoms with Gasteiger partial charge in [-0.3, -0.25) is 9.69 Å². The Morgan fingerprint density at radius 3 is 2.25 bits per heavy atom. The van der Waals surface area contributed by atoms with Crippen molar-refractivity contribution in [1.29, 1.82) is 0 Å². The minimum absolute atomic E-state index is 0.121. The third kappa shape index (κ3) is 2.83. The molecule has 0 saturated heterocycles. The van der Waals surface area contributed by atoms with Crippen LogP contribution < -0.4 is 0 Å². The summed E-state index contributed by atoms with van der Waals surface area (Å²) in [4.78, 5) is 13.9. The van der Waals surface area contributed by atoms with Crippen molar-refractivity contribution >= 4 is 5.78 Å². The summed E-state index contributed by atoms with van der Waals surface area (Å²) < 4.78 is 5.98. The fraction of sp³-hybridized carbons (Fsp3) is 0.923. The van der Waals surface area contributed by atoms with E-state index in [0.717, 1.165) is 19.3 Å². The molecule has 0 amide bonds. The lowest BCUT2D eigenvalue weighted by Crippen LogP contribution is -2.48. The van der Waals surface area contributed by atoms with Gasteiger partial charge < -0.3 is 4.74 Å². The average molecular weight is 227 g/mol. The van der Waals surface area contributed by atoms with Crippen LogP contribution in [-0.4, -0.2) is 42.0 Å². The van der Waals surface area contributed by atoms with Gasteiger partial charge in [0.05, 0.1) is 17.2 Å². The average Bonchev–Trinajstić information content (AvgIpc) is 2.46. The summed E-state index contributed by atoms with van der Waals surface area (Å²) in [5.74, 6) is 0.262. The lowest BCUT2D eigenvalue weighted by molar-refractivity contribution is -0.128. The van der Waals surface area contributed by atoms with Crippen LogP contribution in [0.15, 0.2) is 0 Å². The first kappa shape index (κ1) is 13.7. The number of rotatable bonds is 3. The summed E-state index contributed by atoms with van der Waals surface area (Å²) in [5, 5.41) is 0. The molecule has 94 valence electrons. The van der Waals surface area contributed by atoms with Crippen LogP contribution in [0.25, 0.3) is 0 Å². The van der Waals surface area contributed by atoms with E-state index in [9.17, 15) is 4.79 Å². The zero-order chi connectivity index (χ0) is 12.6. The van der Waals surface area contributed by atoms with Gasteiger partial charge in [-0.05, 0) is 61.1 Å². The summed E-state index contributed by atoms with van der Waals surface area (Å²) in [7, 11) is 3.97. The van der Waals surface area contributed by atoms with Gasteiger partial charge in [0, 0.05) is 0 Å². The van der Waals surface area contributed by atoms with E-state index in [1.807, 2.05) is 14.1 Å². The fourth-order valence-electron chi connectivity index (χ4n) is 2.62. The smallest absolute Gasteiger partial charge is 0.150 e. The van der Waals surface area contributed by atoms with Crippen molar-refractivity contribution in [2.45, 2.75) is 64.2 Å². The Morgan fingerprint density at radius 1 is 1.38 bits per heavy atom. The van der Waals surface area contributed by atoms with Crippen LogP contribution in [0.1, 0.15) is 47.0 Å². The van der Waals surface area contributed by atoms with E-state index in [-0.39, 0.29) is 23.0 Å². The van der Waals surface area contributed by atoms with Crippen molar-refractivity contribution in [3.8, 4) is 0 Å². The topological polar surface area (TPSA) is 29.5 Å². The predicted molar refractivity (Wildman–Crippen MR) is 65.6 cm³/mol. The Hall–Kier alpha value is -0.410. The number of ether oxygens (including phenoxy) is 1. The first-order chi connectivity index (χ1) is 7.17. The van der Waals surface area contributed by atoms with Crippen LogP contribution >= 0.6 is 0 Å². The molecule has 0 aromatic heterocycles. The van der Waals surface area contributed by atoms with Crippen molar-refractivity contribution < 1.29 is 9.53 Å². The molecular formula is C13H25NO2. The Bertz CT molecular complexity index is 268. The second-order valence-corrected chi connectivity index (χ2v) is 6.08. The van der Waals surface area contributed by atoms with Crippen LogP contribution in [0, 0.1) is 0 Å². The van der Waals surface area contributed by atoms with E-state index in [1.165, 1.54) is 0 Å². The number of ketones is 1. The number of carbonyl (C=O) groups is 1. The van der Waals surface area contributed by atoms with Crippen molar-refractivity contribution in [2.75, 3.05) is 14.1 Å². The molecule has 1 aliphatic rings. The SMILES string of the molecule is CC(=O)C1(N(C)C)CCC(OC(C)(C)C)C1. The molecule has 0 aromatic rings. The molecular weight excluding hydrogens is 202 g/mol. The third-order valence-electron chi connectivity index (χ3n) is 3.48. The Morgan fingerprint density at radius 2 is 1.94 bits per heavy atom. The van der Waals surface area contributed by atoms with Crippen LogP contribution in [0.5, 0.6) is 0 Å². The fourth-order valence-corrected chi connectivity index (χ4v) is 2.62. The highest BCUT2D eigenvalue weighted by molar-refractivity contribution is 5.86. The maximum absolute atomic E-state index is 11.8. The third-order valence-corrected chi connectivity index (χ3v) is 3.48. The summed E-state index contributed by atoms with van der Waals surface area (Å²) >= 11 is 0. The van der Waals surface area contributed by atoms with Crippen molar-refractivity contribution in [1.82, 2.24) is 4.90 Å². The van der Waals surface area contributed by atoms with Gasteiger partial charge in [0.15, 0.2) is 0 Å². The Kier molecular flexibility index (Phi) is 3.80. The number of hydrogen-bond donors (Lipinski definition) is 0. The van der Waals surface area contributed by atoms with E-state index >= 15 is 0 Å². The molecule has 0 bridgehead atoms. The van der Waals surface area contributed by atoms with Gasteiger partial charge in [0.25, 0.3) is 0 Å². The van der Waals surface area contributed by atoms with E-state index in [2.05, 4.69) is 25.7 Å². The van der Waals surface area contributed by atoms with Crippen LogP contribution in [0.2, 0.25) is 0 Å². The van der Waals surface area contributed by atoms with Crippen LogP contribution in [0.4, 0.5) is 0 Å². The second-order valence-electron chi connectivity index (χ2n) is 6.08. The monoisotopic (exact) mass is 227 g/mol. The molecule has 1 fully saturated rings. The maximum Gasteiger partial charge on any atom is 0.150 e. The zero-order valence-corrected chi connectivity index (χ0v) is 11.5. The molecule has 0 N–H and O–H groups in total. The summed E-state index contributed by atoms with van der Waals surface area (Å²) in [5.41, 5.74) is -0.417. The van der Waals surface area contributed by atoms with Crippen LogP contribution in [0.3, 0.4) is 0 Å². The number of hydrogen-bond acceptors (Lipinski definition) is 3. The summed E-state index contributed by atoms with van der Waals surface area (Å²) in [6, 6.07) is 0. The molecule has 0 aliphatic heterocycles. The van der Waals surface area contributed by atoms with Crippen molar-refractivity contribution in [3.05, 3.63) is 0 Å². The Balaban J connectivity index is 2.72. The van der Waals surface area contributed by atoms with Gasteiger partial charge in [-0.15, -0.1) is 0 Å². The molecule has 0 heterocycles. The second kappa shape index (κ2) is 4.46. The predicted octanol–water partition coefficient (Wildman–Crippen LogP) is 2.24. The minimum Gasteiger partial charge on any atom is -0.373 e. The molecule has 0 radical (unpaired) electrons. The maximum atomic E-state index is 11.8. The van der Waals surface area contributed by atoms with E-state index < -0.39 is 0 Å². The number of carbonyl (C=O) groups excluding carboxylic acids is 1. The quantitative estimate of drug-likeness (QED) is 0.740. The first-order valence-corrected chi connectivity index (χ1v) is 6.04. The molecule has 0 aromatic carbocycles. The van der Waals surface area contributed by atoms with Gasteiger partial charge in [-0.2, -0.15) is 0 Å². The molecule has 1 aliphatic carbocycles. The minimum atomic E-state index is -0.296.